The van der Waals surface area contributed by atoms with Crippen LogP contribution in [0, 0.1) is 24.7 Å². The van der Waals surface area contributed by atoms with Gasteiger partial charge in [0.2, 0.25) is 0 Å². The van der Waals surface area contributed by atoms with Crippen molar-refractivity contribution in [2.75, 3.05) is 0 Å². The van der Waals surface area contributed by atoms with E-state index in [-0.39, 0.29) is 0 Å². The van der Waals surface area contributed by atoms with Gasteiger partial charge < -0.3 is 0 Å². The van der Waals surface area contributed by atoms with E-state index in [1.165, 1.54) is 3.27 Å². The molecule has 1 aromatic rings. The Morgan fingerprint density at radius 1 is 1.29 bits per heavy atom. The molecule has 1 aromatic heterocycles. The molecular formula is C5H4AtN. The molecule has 0 saturated carbocycles. The molecule has 0 bridgehead atoms. The van der Waals surface area contributed by atoms with Gasteiger partial charge >= 0.3 is 57.5 Å². The standard InChI is InChI=1S/C5H4AtN/c6-5-1-3-7-4-2-5/h1-4H. The Morgan fingerprint density at radius 2 is 1.86 bits per heavy atom. The van der Waals surface area contributed by atoms with E-state index in [1.807, 2.05) is 12.1 Å². The van der Waals surface area contributed by atoms with E-state index in [0.717, 1.165) is 0 Å². The van der Waals surface area contributed by atoms with Gasteiger partial charge in [0.05, 0.1) is 0 Å². The van der Waals surface area contributed by atoms with E-state index in [1.54, 1.807) is 37.1 Å². The molecule has 7 heavy (non-hydrogen) atoms. The average Bonchev–Trinajstić information content (AvgIpc) is 1.69. The minimum atomic E-state index is 1.31. The molecule has 0 fully saturated rings. The van der Waals surface area contributed by atoms with Crippen molar-refractivity contribution in [3.05, 3.63) is 24.5 Å². The first-order valence-corrected chi connectivity index (χ1v) is 3.42. The van der Waals surface area contributed by atoms with E-state index in [2.05, 4.69) is 4.98 Å². The molecular weight excluding hydrogens is 284 g/mol. The molecule has 2 heteroatoms. The molecule has 1 nitrogen and oxygen atoms in total. The van der Waals surface area contributed by atoms with Crippen LogP contribution >= 0.6 is 0 Å². The van der Waals surface area contributed by atoms with Gasteiger partial charge in [-0.3, -0.25) is 0 Å². The number of pyridine rings is 1. The summed E-state index contributed by atoms with van der Waals surface area (Å²) >= 11 is 1.68. The third-order valence-electron chi connectivity index (χ3n) is 0.640. The summed E-state index contributed by atoms with van der Waals surface area (Å²) in [6.07, 6.45) is 3.60. The number of hydrogen-bond donors (Lipinski definition) is 0. The van der Waals surface area contributed by atoms with Crippen molar-refractivity contribution in [1.29, 1.82) is 0 Å². The molecule has 36 valence electrons. The molecule has 0 saturated heterocycles. The van der Waals surface area contributed by atoms with Gasteiger partial charge in [-0.15, -0.1) is 0 Å². The molecule has 0 radical (unpaired) electrons. The Kier molecular flexibility index (Phi) is 1.75. The number of rotatable bonds is 0. The van der Waals surface area contributed by atoms with Crippen LogP contribution in [-0.4, -0.2) is 4.98 Å². The second-order valence-corrected chi connectivity index (χ2v) is 2.86. The quantitative estimate of drug-likeness (QED) is 0.667. The van der Waals surface area contributed by atoms with Crippen molar-refractivity contribution < 1.29 is 24.7 Å². The van der Waals surface area contributed by atoms with Gasteiger partial charge in [-0.2, -0.15) is 0 Å². The van der Waals surface area contributed by atoms with Crippen LogP contribution in [0.5, 0.6) is 0 Å². The summed E-state index contributed by atoms with van der Waals surface area (Å²) in [6.45, 7) is 0. The number of aromatic nitrogens is 1. The third-order valence-corrected chi connectivity index (χ3v) is 1.62. The first-order chi connectivity index (χ1) is 3.39. The van der Waals surface area contributed by atoms with Gasteiger partial charge in [0.25, 0.3) is 0 Å². The van der Waals surface area contributed by atoms with Crippen LogP contribution in [-0.2, 0) is 0 Å². The van der Waals surface area contributed by atoms with Crippen molar-refractivity contribution in [1.82, 2.24) is 4.98 Å². The third kappa shape index (κ3) is 1.52. The summed E-state index contributed by atoms with van der Waals surface area (Å²) < 4.78 is 1.31. The van der Waals surface area contributed by atoms with Gasteiger partial charge in [-0.1, -0.05) is 0 Å². The second-order valence-electron chi connectivity index (χ2n) is 1.17. The van der Waals surface area contributed by atoms with E-state index >= 15 is 0 Å². The zero-order valence-electron chi connectivity index (χ0n) is 3.63. The van der Waals surface area contributed by atoms with Gasteiger partial charge in [-0.05, 0) is 0 Å². The van der Waals surface area contributed by atoms with Crippen LogP contribution < -0.4 is 3.27 Å². The first-order valence-electron chi connectivity index (χ1n) is 1.95. The van der Waals surface area contributed by atoms with E-state index < -0.39 is 0 Å². The maximum absolute atomic E-state index is 3.85. The number of hydrogen-bond acceptors (Lipinski definition) is 1. The molecule has 1 heterocycles. The van der Waals surface area contributed by atoms with Crippen LogP contribution in [0.15, 0.2) is 24.5 Å². The molecule has 0 aliphatic carbocycles. The van der Waals surface area contributed by atoms with Crippen LogP contribution in [0.2, 0.25) is 0 Å². The van der Waals surface area contributed by atoms with Crippen molar-refractivity contribution in [2.45, 2.75) is 0 Å². The second kappa shape index (κ2) is 2.37. The van der Waals surface area contributed by atoms with Crippen molar-refractivity contribution in [3.63, 3.8) is 0 Å². The zero-order valence-corrected chi connectivity index (χ0v) is 6.57. The van der Waals surface area contributed by atoms with Gasteiger partial charge in [0.15, 0.2) is 0 Å². The number of nitrogens with zero attached hydrogens (tertiary/aromatic N) is 1. The summed E-state index contributed by atoms with van der Waals surface area (Å²) in [5, 5.41) is 0. The van der Waals surface area contributed by atoms with Crippen LogP contribution in [0.25, 0.3) is 0 Å². The van der Waals surface area contributed by atoms with Gasteiger partial charge in [-0.25, -0.2) is 0 Å². The Bertz CT molecular complexity index is 138. The van der Waals surface area contributed by atoms with Crippen molar-refractivity contribution >= 4 is 3.27 Å². The Hall–Kier alpha value is 0.0331. The molecule has 0 unspecified atom stereocenters. The molecule has 0 aliphatic heterocycles. The molecule has 0 aromatic carbocycles. The van der Waals surface area contributed by atoms with Gasteiger partial charge in [0.1, 0.15) is 0 Å². The monoisotopic (exact) mass is 288 g/mol. The van der Waals surface area contributed by atoms with Crippen LogP contribution in [0.3, 0.4) is 0 Å². The summed E-state index contributed by atoms with van der Waals surface area (Å²) in [5.41, 5.74) is 0. The van der Waals surface area contributed by atoms with Crippen molar-refractivity contribution in [2.24, 2.45) is 0 Å². The summed E-state index contributed by atoms with van der Waals surface area (Å²) in [7, 11) is 0. The SMILES string of the molecule is [At]c1ccncc1. The zero-order chi connectivity index (χ0) is 5.11. The molecule has 1 rings (SSSR count). The van der Waals surface area contributed by atoms with Crippen LogP contribution in [0.4, 0.5) is 0 Å². The fraction of sp³-hybridized carbons (Fsp3) is 0. The molecule has 0 atom stereocenters. The van der Waals surface area contributed by atoms with Crippen molar-refractivity contribution in [3.8, 4) is 0 Å². The fourth-order valence-corrected chi connectivity index (χ4v) is 0.772. The molecule has 0 amide bonds. The normalized spacial score (nSPS) is 8.71. The summed E-state index contributed by atoms with van der Waals surface area (Å²) in [5.74, 6) is 0. The summed E-state index contributed by atoms with van der Waals surface area (Å²) in [4.78, 5) is 3.85. The first kappa shape index (κ1) is 5.18. The predicted octanol–water partition coefficient (Wildman–Crippen LogP) is 0.256. The van der Waals surface area contributed by atoms with Crippen LogP contribution in [0.1, 0.15) is 0 Å². The molecule has 0 aliphatic rings. The van der Waals surface area contributed by atoms with E-state index in [4.69, 9.17) is 0 Å². The Balaban J connectivity index is 3.02. The predicted molar refractivity (Wildman–Crippen MR) is 23.9 cm³/mol. The summed E-state index contributed by atoms with van der Waals surface area (Å²) in [6, 6.07) is 3.99. The minimum absolute atomic E-state index is 1.31. The molecule has 0 spiro atoms. The topological polar surface area (TPSA) is 12.9 Å². The van der Waals surface area contributed by atoms with E-state index in [0.29, 0.717) is 0 Å². The molecule has 0 N–H and O–H groups in total. The fourth-order valence-electron chi connectivity index (χ4n) is 0.334. The maximum atomic E-state index is 3.85. The average molecular weight is 288 g/mol. The Labute approximate surface area is 57.6 Å². The Morgan fingerprint density at radius 3 is 2.14 bits per heavy atom. The van der Waals surface area contributed by atoms with E-state index in [9.17, 15) is 0 Å². The van der Waals surface area contributed by atoms with Gasteiger partial charge in [0, 0.05) is 0 Å².